The first-order chi connectivity index (χ1) is 12.1. The number of likely N-dealkylation sites (tertiary alicyclic amines) is 1. The molecule has 0 bridgehead atoms. The Balaban J connectivity index is 1.40. The van der Waals surface area contributed by atoms with E-state index in [0.29, 0.717) is 41.8 Å². The molecule has 0 radical (unpaired) electrons. The Morgan fingerprint density at radius 1 is 1.24 bits per heavy atom. The van der Waals surface area contributed by atoms with Crippen molar-refractivity contribution in [3.8, 4) is 0 Å². The molecule has 3 amide bonds. The highest BCUT2D eigenvalue weighted by Crippen LogP contribution is 2.19. The Morgan fingerprint density at radius 2 is 2.04 bits per heavy atom. The van der Waals surface area contributed by atoms with E-state index in [1.54, 1.807) is 30.3 Å². The van der Waals surface area contributed by atoms with Gasteiger partial charge in [0.05, 0.1) is 11.8 Å². The Labute approximate surface area is 151 Å². The summed E-state index contributed by atoms with van der Waals surface area (Å²) in [7, 11) is 0. The normalized spacial score (nSPS) is 15.0. The molecule has 0 aliphatic carbocycles. The zero-order valence-electron chi connectivity index (χ0n) is 13.7. The number of nitrogens with zero attached hydrogens (tertiary/aromatic N) is 1. The number of rotatable bonds is 4. The lowest BCUT2D eigenvalue weighted by Crippen LogP contribution is -2.42. The number of benzene rings is 1. The molecule has 6 nitrogen and oxygen atoms in total. The van der Waals surface area contributed by atoms with Crippen LogP contribution in [-0.4, -0.2) is 36.5 Å². The van der Waals surface area contributed by atoms with Crippen molar-refractivity contribution >= 4 is 29.2 Å². The van der Waals surface area contributed by atoms with E-state index in [1.807, 2.05) is 4.90 Å². The van der Waals surface area contributed by atoms with E-state index in [1.165, 1.54) is 12.5 Å². The first-order valence-electron chi connectivity index (χ1n) is 8.24. The number of amides is 3. The third-order valence-corrected chi connectivity index (χ3v) is 4.54. The Kier molecular flexibility index (Phi) is 5.60. The van der Waals surface area contributed by atoms with Crippen molar-refractivity contribution in [3.63, 3.8) is 0 Å². The number of halogens is 1. The van der Waals surface area contributed by atoms with Crippen molar-refractivity contribution in [1.82, 2.24) is 10.2 Å². The van der Waals surface area contributed by atoms with Gasteiger partial charge >= 0.3 is 6.03 Å². The van der Waals surface area contributed by atoms with Crippen LogP contribution in [0, 0.1) is 5.92 Å². The first kappa shape index (κ1) is 17.4. The fourth-order valence-electron chi connectivity index (χ4n) is 2.89. The van der Waals surface area contributed by atoms with Gasteiger partial charge in [-0.15, -0.1) is 0 Å². The second-order valence-electron chi connectivity index (χ2n) is 6.09. The number of piperidine rings is 1. The van der Waals surface area contributed by atoms with Crippen LogP contribution in [0.4, 0.5) is 10.5 Å². The summed E-state index contributed by atoms with van der Waals surface area (Å²) in [6.07, 6.45) is 4.70. The molecule has 2 heterocycles. The monoisotopic (exact) mass is 361 g/mol. The SMILES string of the molecule is O=C(NCC1CCN(C(=O)c2ccoc2)CC1)Nc1cccc(Cl)c1. The van der Waals surface area contributed by atoms with Crippen LogP contribution in [0.2, 0.25) is 5.02 Å². The highest BCUT2D eigenvalue weighted by atomic mass is 35.5. The molecule has 0 unspecified atom stereocenters. The van der Waals surface area contributed by atoms with Gasteiger partial charge in [0, 0.05) is 30.3 Å². The number of hydrogen-bond donors (Lipinski definition) is 2. The fraction of sp³-hybridized carbons (Fsp3) is 0.333. The summed E-state index contributed by atoms with van der Waals surface area (Å²) in [5.41, 5.74) is 1.24. The fourth-order valence-corrected chi connectivity index (χ4v) is 3.08. The number of urea groups is 1. The maximum Gasteiger partial charge on any atom is 0.319 e. The number of hydrogen-bond acceptors (Lipinski definition) is 3. The van der Waals surface area contributed by atoms with Crippen molar-refractivity contribution in [1.29, 1.82) is 0 Å². The van der Waals surface area contributed by atoms with Crippen molar-refractivity contribution < 1.29 is 14.0 Å². The molecule has 1 fully saturated rings. The number of carbonyl (C=O) groups excluding carboxylic acids is 2. The van der Waals surface area contributed by atoms with Gasteiger partial charge in [0.2, 0.25) is 0 Å². The van der Waals surface area contributed by atoms with Crippen LogP contribution < -0.4 is 10.6 Å². The molecule has 25 heavy (non-hydrogen) atoms. The number of furan rings is 1. The molecule has 132 valence electrons. The second-order valence-corrected chi connectivity index (χ2v) is 6.53. The summed E-state index contributed by atoms with van der Waals surface area (Å²) in [6, 6.07) is 8.44. The molecule has 1 aromatic carbocycles. The number of nitrogens with one attached hydrogen (secondary N) is 2. The summed E-state index contributed by atoms with van der Waals surface area (Å²) in [5.74, 6) is 0.359. The van der Waals surface area contributed by atoms with E-state index in [2.05, 4.69) is 10.6 Å². The maximum atomic E-state index is 12.2. The molecule has 2 N–H and O–H groups in total. The maximum absolute atomic E-state index is 12.2. The van der Waals surface area contributed by atoms with Crippen molar-refractivity contribution in [2.45, 2.75) is 12.8 Å². The highest BCUT2D eigenvalue weighted by Gasteiger charge is 2.24. The molecule has 0 saturated carbocycles. The van der Waals surface area contributed by atoms with Gasteiger partial charge in [0.15, 0.2) is 0 Å². The topological polar surface area (TPSA) is 74.6 Å². The van der Waals surface area contributed by atoms with Crippen LogP contribution in [0.15, 0.2) is 47.3 Å². The minimum atomic E-state index is -0.251. The average molecular weight is 362 g/mol. The predicted octanol–water partition coefficient (Wildman–Crippen LogP) is 3.61. The quantitative estimate of drug-likeness (QED) is 0.873. The van der Waals surface area contributed by atoms with Crippen molar-refractivity contribution in [3.05, 3.63) is 53.4 Å². The lowest BCUT2D eigenvalue weighted by Gasteiger charge is -2.31. The molecule has 1 aliphatic rings. The summed E-state index contributed by atoms with van der Waals surface area (Å²) in [6.45, 7) is 1.96. The molecular formula is C18H20ClN3O3. The van der Waals surface area contributed by atoms with E-state index in [9.17, 15) is 9.59 Å². The Hall–Kier alpha value is -2.47. The second kappa shape index (κ2) is 8.07. The van der Waals surface area contributed by atoms with E-state index in [4.69, 9.17) is 16.0 Å². The Morgan fingerprint density at radius 3 is 2.72 bits per heavy atom. The lowest BCUT2D eigenvalue weighted by molar-refractivity contribution is 0.0690. The largest absolute Gasteiger partial charge is 0.472 e. The van der Waals surface area contributed by atoms with Crippen LogP contribution in [-0.2, 0) is 0 Å². The molecule has 0 spiro atoms. The van der Waals surface area contributed by atoms with Gasteiger partial charge in [-0.3, -0.25) is 4.79 Å². The molecule has 1 aliphatic heterocycles. The molecule has 3 rings (SSSR count). The number of anilines is 1. The van der Waals surface area contributed by atoms with Gasteiger partial charge in [-0.25, -0.2) is 4.79 Å². The Bertz CT molecular complexity index is 725. The molecule has 7 heteroatoms. The van der Waals surface area contributed by atoms with Crippen molar-refractivity contribution in [2.75, 3.05) is 25.0 Å². The predicted molar refractivity (Wildman–Crippen MR) is 95.8 cm³/mol. The standard InChI is InChI=1S/C18H20ClN3O3/c19-15-2-1-3-16(10-15)21-18(24)20-11-13-4-7-22(8-5-13)17(23)14-6-9-25-12-14/h1-3,6,9-10,12-13H,4-5,7-8,11H2,(H2,20,21,24). The molecule has 0 atom stereocenters. The zero-order chi connectivity index (χ0) is 17.6. The summed E-state index contributed by atoms with van der Waals surface area (Å²) in [5, 5.41) is 6.22. The van der Waals surface area contributed by atoms with E-state index >= 15 is 0 Å². The molecule has 1 aromatic heterocycles. The zero-order valence-corrected chi connectivity index (χ0v) is 14.5. The first-order valence-corrected chi connectivity index (χ1v) is 8.61. The van der Waals surface area contributed by atoms with E-state index in [0.717, 1.165) is 12.8 Å². The van der Waals surface area contributed by atoms with E-state index < -0.39 is 0 Å². The van der Waals surface area contributed by atoms with Gasteiger partial charge in [0.1, 0.15) is 6.26 Å². The van der Waals surface area contributed by atoms with Crippen molar-refractivity contribution in [2.24, 2.45) is 5.92 Å². The molecular weight excluding hydrogens is 342 g/mol. The van der Waals surface area contributed by atoms with Gasteiger partial charge in [-0.2, -0.15) is 0 Å². The van der Waals surface area contributed by atoms with Crippen LogP contribution in [0.3, 0.4) is 0 Å². The summed E-state index contributed by atoms with van der Waals surface area (Å²) < 4.78 is 4.96. The van der Waals surface area contributed by atoms with Gasteiger partial charge in [-0.05, 0) is 43.0 Å². The highest BCUT2D eigenvalue weighted by molar-refractivity contribution is 6.30. The summed E-state index contributed by atoms with van der Waals surface area (Å²) >= 11 is 5.89. The van der Waals surface area contributed by atoms with Crippen LogP contribution in [0.25, 0.3) is 0 Å². The van der Waals surface area contributed by atoms with Gasteiger partial charge < -0.3 is 20.0 Å². The minimum Gasteiger partial charge on any atom is -0.472 e. The molecule has 2 aromatic rings. The third kappa shape index (κ3) is 4.76. The van der Waals surface area contributed by atoms with Crippen LogP contribution >= 0.6 is 11.6 Å². The third-order valence-electron chi connectivity index (χ3n) is 4.30. The smallest absolute Gasteiger partial charge is 0.319 e. The minimum absolute atomic E-state index is 0.00106. The number of carbonyl (C=O) groups is 2. The van der Waals surface area contributed by atoms with Gasteiger partial charge in [0.25, 0.3) is 5.91 Å². The van der Waals surface area contributed by atoms with Gasteiger partial charge in [-0.1, -0.05) is 17.7 Å². The summed E-state index contributed by atoms with van der Waals surface area (Å²) in [4.78, 5) is 26.0. The molecule has 1 saturated heterocycles. The average Bonchev–Trinajstić information content (AvgIpc) is 3.14. The lowest BCUT2D eigenvalue weighted by atomic mass is 9.96. The van der Waals surface area contributed by atoms with E-state index in [-0.39, 0.29) is 11.9 Å². The van der Waals surface area contributed by atoms with Crippen LogP contribution in [0.1, 0.15) is 23.2 Å². The van der Waals surface area contributed by atoms with Crippen LogP contribution in [0.5, 0.6) is 0 Å².